The summed E-state index contributed by atoms with van der Waals surface area (Å²) in [6, 6.07) is 0.537. The summed E-state index contributed by atoms with van der Waals surface area (Å²) in [5.41, 5.74) is 1.55. The first-order valence-electron chi connectivity index (χ1n) is 14.9. The van der Waals surface area contributed by atoms with Crippen molar-refractivity contribution in [2.45, 2.75) is 96.7 Å². The Morgan fingerprint density at radius 3 is 2.56 bits per heavy atom. The summed E-state index contributed by atoms with van der Waals surface area (Å²) in [4.78, 5) is 33.0. The minimum absolute atomic E-state index is 0.217. The fourth-order valence-electron chi connectivity index (χ4n) is 6.62. The second kappa shape index (κ2) is 11.3. The number of hydrogen-bond donors (Lipinski definition) is 2. The van der Waals surface area contributed by atoms with E-state index in [4.69, 9.17) is 24.2 Å². The van der Waals surface area contributed by atoms with Crippen LogP contribution in [0.1, 0.15) is 78.1 Å². The number of anilines is 2. The molecule has 0 amide bonds. The molecule has 212 valence electrons. The summed E-state index contributed by atoms with van der Waals surface area (Å²) < 4.78 is 12.9. The standard InChI is InChI=1S/C28H42N8O3/c1-17-10-12-19(13-11-17)15-36-22-23(29-18(2)20-7-6-8-20)30-25(26-33-28(37)39-34-26)31-24(22)32-27(36)35-14-5-4-9-21(35)16-38-3/h17-21H,4-16H2,1-3H3,(H,29,30,31)(H,33,34,37)/t17?,18-,19?,21?/m1/s1. The number of imidazole rings is 1. The lowest BCUT2D eigenvalue weighted by Crippen LogP contribution is -2.44. The van der Waals surface area contributed by atoms with Crippen molar-refractivity contribution >= 4 is 22.9 Å². The molecule has 2 aliphatic carbocycles. The number of nitrogens with one attached hydrogen (secondary N) is 2. The second-order valence-corrected chi connectivity index (χ2v) is 12.1. The Kier molecular flexibility index (Phi) is 7.59. The molecule has 2 saturated carbocycles. The van der Waals surface area contributed by atoms with E-state index in [0.29, 0.717) is 29.9 Å². The number of ether oxygens (including phenoxy) is 1. The van der Waals surface area contributed by atoms with E-state index in [9.17, 15) is 4.79 Å². The largest absolute Gasteiger partial charge is 0.460 e. The maximum absolute atomic E-state index is 11.7. The molecule has 1 aliphatic heterocycles. The topological polar surface area (TPSA) is 127 Å². The third-order valence-electron chi connectivity index (χ3n) is 9.27. The van der Waals surface area contributed by atoms with Gasteiger partial charge in [-0.05, 0) is 69.6 Å². The Bertz CT molecular complexity index is 1320. The minimum atomic E-state index is -0.695. The molecule has 0 aromatic carbocycles. The Hall–Kier alpha value is -2.95. The monoisotopic (exact) mass is 538 g/mol. The molecule has 1 unspecified atom stereocenters. The van der Waals surface area contributed by atoms with Gasteiger partial charge >= 0.3 is 5.76 Å². The van der Waals surface area contributed by atoms with Gasteiger partial charge in [0.25, 0.3) is 0 Å². The molecule has 1 saturated heterocycles. The number of aromatic nitrogens is 6. The van der Waals surface area contributed by atoms with Crippen LogP contribution in [0.25, 0.3) is 22.8 Å². The van der Waals surface area contributed by atoms with Crippen LogP contribution in [0, 0.1) is 17.8 Å². The van der Waals surface area contributed by atoms with Gasteiger partial charge in [0.15, 0.2) is 11.5 Å². The maximum atomic E-state index is 11.7. The van der Waals surface area contributed by atoms with Crippen LogP contribution in [0.15, 0.2) is 9.32 Å². The zero-order valence-electron chi connectivity index (χ0n) is 23.5. The lowest BCUT2D eigenvalue weighted by atomic mass is 9.80. The van der Waals surface area contributed by atoms with E-state index in [1.54, 1.807) is 7.11 Å². The van der Waals surface area contributed by atoms with E-state index in [-0.39, 0.29) is 17.9 Å². The Morgan fingerprint density at radius 1 is 1.05 bits per heavy atom. The van der Waals surface area contributed by atoms with Crippen LogP contribution in [-0.2, 0) is 11.3 Å². The van der Waals surface area contributed by atoms with Gasteiger partial charge in [-0.3, -0.25) is 0 Å². The molecular formula is C28H42N8O3. The maximum Gasteiger partial charge on any atom is 0.460 e. The van der Waals surface area contributed by atoms with E-state index in [2.05, 4.69) is 38.8 Å². The van der Waals surface area contributed by atoms with Gasteiger partial charge in [0.05, 0.1) is 12.6 Å². The van der Waals surface area contributed by atoms with Crippen LogP contribution < -0.4 is 16.0 Å². The molecule has 0 radical (unpaired) electrons. The number of piperidine rings is 1. The molecule has 3 aromatic rings. The van der Waals surface area contributed by atoms with Crippen molar-refractivity contribution in [3.63, 3.8) is 0 Å². The molecule has 3 aromatic heterocycles. The first kappa shape index (κ1) is 26.3. The van der Waals surface area contributed by atoms with Gasteiger partial charge in [0.1, 0.15) is 5.52 Å². The van der Waals surface area contributed by atoms with Gasteiger partial charge in [-0.2, -0.15) is 10.1 Å². The molecule has 0 bridgehead atoms. The van der Waals surface area contributed by atoms with Crippen molar-refractivity contribution in [3.8, 4) is 11.6 Å². The first-order chi connectivity index (χ1) is 19.0. The highest BCUT2D eigenvalue weighted by molar-refractivity contribution is 5.87. The molecule has 39 heavy (non-hydrogen) atoms. The highest BCUT2D eigenvalue weighted by atomic mass is 16.5. The summed E-state index contributed by atoms with van der Waals surface area (Å²) in [5.74, 6) is 3.54. The zero-order chi connectivity index (χ0) is 26.9. The predicted octanol–water partition coefficient (Wildman–Crippen LogP) is 4.60. The van der Waals surface area contributed by atoms with Crippen LogP contribution >= 0.6 is 0 Å². The van der Waals surface area contributed by atoms with Gasteiger partial charge < -0.3 is 24.0 Å². The normalized spacial score (nSPS) is 25.1. The van der Waals surface area contributed by atoms with Crippen molar-refractivity contribution in [2.75, 3.05) is 30.5 Å². The number of aromatic amines is 1. The smallest absolute Gasteiger partial charge is 0.383 e. The van der Waals surface area contributed by atoms with Crippen molar-refractivity contribution < 1.29 is 9.26 Å². The number of hydrogen-bond acceptors (Lipinski definition) is 9. The van der Waals surface area contributed by atoms with Gasteiger partial charge in [0.2, 0.25) is 17.6 Å². The molecule has 2 N–H and O–H groups in total. The van der Waals surface area contributed by atoms with Crippen molar-refractivity contribution in [1.82, 2.24) is 29.7 Å². The quantitative estimate of drug-likeness (QED) is 0.402. The summed E-state index contributed by atoms with van der Waals surface area (Å²) in [6.45, 7) is 7.11. The summed E-state index contributed by atoms with van der Waals surface area (Å²) >= 11 is 0. The molecule has 6 rings (SSSR count). The predicted molar refractivity (Wildman–Crippen MR) is 150 cm³/mol. The highest BCUT2D eigenvalue weighted by Crippen LogP contribution is 2.37. The Labute approximate surface area is 229 Å². The van der Waals surface area contributed by atoms with Gasteiger partial charge in [0, 0.05) is 26.2 Å². The molecule has 11 nitrogen and oxygen atoms in total. The van der Waals surface area contributed by atoms with Gasteiger partial charge in [-0.1, -0.05) is 26.2 Å². The molecule has 2 atom stereocenters. The number of H-pyrrole nitrogens is 1. The van der Waals surface area contributed by atoms with Crippen molar-refractivity contribution in [2.24, 2.45) is 17.8 Å². The van der Waals surface area contributed by atoms with Gasteiger partial charge in [-0.25, -0.2) is 14.8 Å². The molecule has 0 spiro atoms. The number of fused-ring (bicyclic) bond motifs is 1. The molecule has 3 fully saturated rings. The van der Waals surface area contributed by atoms with Crippen LogP contribution in [0.3, 0.4) is 0 Å². The third kappa shape index (κ3) is 5.42. The SMILES string of the molecule is COCC1CCCCN1c1nc2nc(-c3nc(=O)o[nH]3)nc(N[C@H](C)C3CCC3)c2n1CC1CCC(C)CC1. The third-order valence-corrected chi connectivity index (χ3v) is 9.27. The molecule has 4 heterocycles. The van der Waals surface area contributed by atoms with Crippen LogP contribution in [-0.4, -0.2) is 62.0 Å². The molecule has 3 aliphatic rings. The van der Waals surface area contributed by atoms with Crippen LogP contribution in [0.5, 0.6) is 0 Å². The fraction of sp³-hybridized carbons (Fsp3) is 0.750. The summed E-state index contributed by atoms with van der Waals surface area (Å²) in [7, 11) is 1.78. The summed E-state index contributed by atoms with van der Waals surface area (Å²) in [6.07, 6.45) is 12.1. The molecule has 11 heteroatoms. The number of methoxy groups -OCH3 is 1. The molecular weight excluding hydrogens is 496 g/mol. The second-order valence-electron chi connectivity index (χ2n) is 12.1. The average molecular weight is 539 g/mol. The first-order valence-corrected chi connectivity index (χ1v) is 14.9. The highest BCUT2D eigenvalue weighted by Gasteiger charge is 2.32. The lowest BCUT2D eigenvalue weighted by Gasteiger charge is -2.37. The summed E-state index contributed by atoms with van der Waals surface area (Å²) in [5, 5.41) is 6.31. The number of rotatable bonds is 9. The number of nitrogens with zero attached hydrogens (tertiary/aromatic N) is 6. The van der Waals surface area contributed by atoms with E-state index < -0.39 is 5.76 Å². The Balaban J connectivity index is 1.48. The zero-order valence-corrected chi connectivity index (χ0v) is 23.5. The average Bonchev–Trinajstić information content (AvgIpc) is 3.48. The van der Waals surface area contributed by atoms with E-state index in [0.717, 1.165) is 49.1 Å². The van der Waals surface area contributed by atoms with Gasteiger partial charge in [-0.15, -0.1) is 4.98 Å². The van der Waals surface area contributed by atoms with Crippen LogP contribution in [0.2, 0.25) is 0 Å². The lowest BCUT2D eigenvalue weighted by molar-refractivity contribution is 0.165. The van der Waals surface area contributed by atoms with Crippen molar-refractivity contribution in [3.05, 3.63) is 10.6 Å². The minimum Gasteiger partial charge on any atom is -0.383 e. The van der Waals surface area contributed by atoms with Crippen LogP contribution in [0.4, 0.5) is 11.8 Å². The van der Waals surface area contributed by atoms with Crippen molar-refractivity contribution in [1.29, 1.82) is 0 Å². The Morgan fingerprint density at radius 2 is 1.87 bits per heavy atom. The van der Waals surface area contributed by atoms with E-state index in [1.807, 2.05) is 0 Å². The van der Waals surface area contributed by atoms with E-state index in [1.165, 1.54) is 51.4 Å². The fourth-order valence-corrected chi connectivity index (χ4v) is 6.62. The van der Waals surface area contributed by atoms with E-state index >= 15 is 0 Å².